The molecule has 1 amide bonds. The molecular weight excluding hydrogens is 406 g/mol. The number of amides is 1. The first-order valence-electron chi connectivity index (χ1n) is 12.1. The molecule has 1 aliphatic rings. The van der Waals surface area contributed by atoms with Crippen LogP contribution in [0.1, 0.15) is 97.5 Å². The predicted octanol–water partition coefficient (Wildman–Crippen LogP) is 7.06. The Balaban J connectivity index is 1.47. The van der Waals surface area contributed by atoms with E-state index in [0.29, 0.717) is 18.7 Å². The number of rotatable bonds is 6. The van der Waals surface area contributed by atoms with Gasteiger partial charge in [0.05, 0.1) is 0 Å². The Bertz CT molecular complexity index is 1140. The van der Waals surface area contributed by atoms with E-state index in [1.165, 1.54) is 40.7 Å². The predicted molar refractivity (Wildman–Crippen MR) is 135 cm³/mol. The van der Waals surface area contributed by atoms with Crippen LogP contribution in [0, 0.1) is 6.92 Å². The van der Waals surface area contributed by atoms with Gasteiger partial charge in [-0.25, -0.2) is 0 Å². The second kappa shape index (κ2) is 8.85. The molecule has 0 spiro atoms. The molecule has 3 aromatic rings. The minimum absolute atomic E-state index is 0.158. The first-order chi connectivity index (χ1) is 15.6. The van der Waals surface area contributed by atoms with Gasteiger partial charge >= 0.3 is 0 Å². The van der Waals surface area contributed by atoms with Crippen molar-refractivity contribution in [3.8, 4) is 0 Å². The van der Waals surface area contributed by atoms with Gasteiger partial charge in [0.15, 0.2) is 5.76 Å². The molecule has 1 N–H and O–H groups in total. The minimum atomic E-state index is -0.158. The molecule has 0 saturated carbocycles. The second-order valence-corrected chi connectivity index (χ2v) is 11.1. The fourth-order valence-electron chi connectivity index (χ4n) is 4.97. The molecule has 0 bridgehead atoms. The van der Waals surface area contributed by atoms with E-state index in [-0.39, 0.29) is 22.7 Å². The van der Waals surface area contributed by atoms with Crippen molar-refractivity contribution in [2.75, 3.05) is 6.54 Å². The van der Waals surface area contributed by atoms with Crippen LogP contribution in [0.25, 0.3) is 0 Å². The van der Waals surface area contributed by atoms with Gasteiger partial charge in [-0.15, -0.1) is 0 Å². The summed E-state index contributed by atoms with van der Waals surface area (Å²) < 4.78 is 5.97. The molecule has 1 atom stereocenters. The Morgan fingerprint density at radius 2 is 1.61 bits per heavy atom. The molecule has 0 saturated heterocycles. The summed E-state index contributed by atoms with van der Waals surface area (Å²) >= 11 is 0. The zero-order chi connectivity index (χ0) is 23.8. The van der Waals surface area contributed by atoms with Crippen LogP contribution in [0.5, 0.6) is 0 Å². The molecule has 33 heavy (non-hydrogen) atoms. The summed E-state index contributed by atoms with van der Waals surface area (Å²) in [6.45, 7) is 14.3. The van der Waals surface area contributed by atoms with E-state index in [1.807, 2.05) is 24.3 Å². The summed E-state index contributed by atoms with van der Waals surface area (Å²) in [6, 6.07) is 18.7. The molecule has 3 nitrogen and oxygen atoms in total. The Labute approximate surface area is 198 Å². The average Bonchev–Trinajstić information content (AvgIpc) is 3.25. The fraction of sp³-hybridized carbons (Fsp3) is 0.433. The third kappa shape index (κ3) is 4.93. The van der Waals surface area contributed by atoms with Gasteiger partial charge in [-0.2, -0.15) is 0 Å². The molecule has 1 aromatic heterocycles. The van der Waals surface area contributed by atoms with Gasteiger partial charge in [0, 0.05) is 13.0 Å². The Morgan fingerprint density at radius 1 is 0.970 bits per heavy atom. The summed E-state index contributed by atoms with van der Waals surface area (Å²) in [5.41, 5.74) is 7.10. The van der Waals surface area contributed by atoms with E-state index < -0.39 is 0 Å². The van der Waals surface area contributed by atoms with Crippen LogP contribution in [-0.2, 0) is 17.3 Å². The van der Waals surface area contributed by atoms with Gasteiger partial charge in [-0.1, -0.05) is 77.1 Å². The molecule has 0 radical (unpaired) electrons. The first kappa shape index (κ1) is 23.4. The van der Waals surface area contributed by atoms with Crippen molar-refractivity contribution >= 4 is 5.91 Å². The number of carbonyl (C=O) groups is 1. The zero-order valence-electron chi connectivity index (χ0n) is 20.9. The molecule has 2 aromatic carbocycles. The van der Waals surface area contributed by atoms with Crippen LogP contribution in [0.2, 0.25) is 0 Å². The Kier molecular flexibility index (Phi) is 6.26. The van der Waals surface area contributed by atoms with Crippen molar-refractivity contribution in [1.29, 1.82) is 0 Å². The summed E-state index contributed by atoms with van der Waals surface area (Å²) in [5, 5.41) is 3.01. The minimum Gasteiger partial charge on any atom is -0.456 e. The van der Waals surface area contributed by atoms with Gasteiger partial charge in [0.1, 0.15) is 5.76 Å². The molecule has 174 valence electrons. The third-order valence-corrected chi connectivity index (χ3v) is 7.50. The van der Waals surface area contributed by atoms with Gasteiger partial charge in [0.2, 0.25) is 0 Å². The fourth-order valence-corrected chi connectivity index (χ4v) is 4.97. The van der Waals surface area contributed by atoms with E-state index in [1.54, 1.807) is 6.07 Å². The van der Waals surface area contributed by atoms with Crippen LogP contribution in [-0.4, -0.2) is 12.5 Å². The number of carbonyl (C=O) groups excluding carboxylic acids is 1. The smallest absolute Gasteiger partial charge is 0.287 e. The summed E-state index contributed by atoms with van der Waals surface area (Å²) in [6.07, 6.45) is 3.11. The second-order valence-electron chi connectivity index (χ2n) is 11.1. The number of benzene rings is 2. The lowest BCUT2D eigenvalue weighted by Gasteiger charge is -2.42. The van der Waals surface area contributed by atoms with Crippen LogP contribution < -0.4 is 5.32 Å². The van der Waals surface area contributed by atoms with Crippen LogP contribution in [0.15, 0.2) is 59.0 Å². The molecule has 1 aliphatic carbocycles. The maximum Gasteiger partial charge on any atom is 0.287 e. The number of hydrogen-bond acceptors (Lipinski definition) is 2. The van der Waals surface area contributed by atoms with Gasteiger partial charge in [-0.3, -0.25) is 4.79 Å². The highest BCUT2D eigenvalue weighted by molar-refractivity contribution is 5.91. The van der Waals surface area contributed by atoms with E-state index in [9.17, 15) is 4.79 Å². The quantitative estimate of drug-likeness (QED) is 0.443. The number of hydrogen-bond donors (Lipinski definition) is 1. The number of fused-ring (bicyclic) bond motifs is 1. The molecule has 4 rings (SSSR count). The lowest BCUT2D eigenvalue weighted by atomic mass is 9.62. The van der Waals surface area contributed by atoms with Crippen molar-refractivity contribution in [3.63, 3.8) is 0 Å². The molecule has 3 heteroatoms. The molecule has 0 fully saturated rings. The molecule has 1 heterocycles. The molecular formula is C30H37NO2. The monoisotopic (exact) mass is 443 g/mol. The highest BCUT2D eigenvalue weighted by Gasteiger charge is 2.37. The standard InChI is InChI=1S/C30H37NO2/c1-20-16-25-26(30(5,6)15-14-29(25,3)4)18-23(20)17-24-12-13-27(33-24)28(32)31-19-21(2)22-10-8-7-9-11-22/h7-13,16,18,21H,14-15,17,19H2,1-6H3,(H,31,32)/t21-/m1/s1. The number of nitrogens with one attached hydrogen (secondary N) is 1. The maximum absolute atomic E-state index is 12.7. The van der Waals surface area contributed by atoms with Crippen molar-refractivity contribution in [1.82, 2.24) is 5.32 Å². The number of aryl methyl sites for hydroxylation is 1. The largest absolute Gasteiger partial charge is 0.456 e. The van der Waals surface area contributed by atoms with Crippen molar-refractivity contribution < 1.29 is 9.21 Å². The summed E-state index contributed by atoms with van der Waals surface area (Å²) in [4.78, 5) is 12.7. The van der Waals surface area contributed by atoms with Crippen LogP contribution >= 0.6 is 0 Å². The van der Waals surface area contributed by atoms with Gasteiger partial charge in [-0.05, 0) is 76.5 Å². The zero-order valence-corrected chi connectivity index (χ0v) is 20.9. The van der Waals surface area contributed by atoms with E-state index in [0.717, 1.165) is 5.76 Å². The molecule has 0 unspecified atom stereocenters. The van der Waals surface area contributed by atoms with Crippen molar-refractivity contribution in [3.05, 3.63) is 93.9 Å². The Hall–Kier alpha value is -2.81. The van der Waals surface area contributed by atoms with Crippen LogP contribution in [0.4, 0.5) is 0 Å². The van der Waals surface area contributed by atoms with Crippen molar-refractivity contribution in [2.45, 2.75) is 77.6 Å². The van der Waals surface area contributed by atoms with E-state index in [2.05, 4.69) is 71.1 Å². The Morgan fingerprint density at radius 3 is 2.27 bits per heavy atom. The van der Waals surface area contributed by atoms with Crippen molar-refractivity contribution in [2.24, 2.45) is 0 Å². The lowest BCUT2D eigenvalue weighted by molar-refractivity contribution is 0.0922. The van der Waals surface area contributed by atoms with Crippen LogP contribution in [0.3, 0.4) is 0 Å². The third-order valence-electron chi connectivity index (χ3n) is 7.50. The lowest BCUT2D eigenvalue weighted by Crippen LogP contribution is -2.34. The topological polar surface area (TPSA) is 42.2 Å². The normalized spacial score (nSPS) is 17.3. The average molecular weight is 444 g/mol. The SMILES string of the molecule is Cc1cc2c(cc1Cc1ccc(C(=O)NC[C@@H](C)c3ccccc3)o1)C(C)(C)CCC2(C)C. The van der Waals surface area contributed by atoms with E-state index >= 15 is 0 Å². The number of furan rings is 1. The van der Waals surface area contributed by atoms with Gasteiger partial charge in [0.25, 0.3) is 5.91 Å². The highest BCUT2D eigenvalue weighted by atomic mass is 16.3. The molecule has 0 aliphatic heterocycles. The highest BCUT2D eigenvalue weighted by Crippen LogP contribution is 2.46. The van der Waals surface area contributed by atoms with E-state index in [4.69, 9.17) is 4.42 Å². The maximum atomic E-state index is 12.7. The summed E-state index contributed by atoms with van der Waals surface area (Å²) in [7, 11) is 0. The van der Waals surface area contributed by atoms with Gasteiger partial charge < -0.3 is 9.73 Å². The summed E-state index contributed by atoms with van der Waals surface area (Å²) in [5.74, 6) is 1.29. The first-order valence-corrected chi connectivity index (χ1v) is 12.1.